The van der Waals surface area contributed by atoms with Gasteiger partial charge in [-0.25, -0.2) is 4.79 Å². The van der Waals surface area contributed by atoms with Gasteiger partial charge in [0.05, 0.1) is 25.9 Å². The van der Waals surface area contributed by atoms with Crippen LogP contribution >= 0.6 is 20.7 Å². The van der Waals surface area contributed by atoms with E-state index in [0.717, 1.165) is 9.40 Å². The van der Waals surface area contributed by atoms with E-state index in [1.54, 1.807) is 25.2 Å². The highest BCUT2D eigenvalue weighted by molar-refractivity contribution is 7.73. The molecule has 0 radical (unpaired) electrons. The molecule has 21 heavy (non-hydrogen) atoms. The van der Waals surface area contributed by atoms with E-state index in [1.165, 1.54) is 31.3 Å². The molecule has 106 valence electrons. The number of aromatic carboxylic acids is 1. The molecular formula is C15H11NO3S2. The molecule has 0 bridgehead atoms. The molecule has 0 fully saturated rings. The van der Waals surface area contributed by atoms with Crippen molar-refractivity contribution in [2.24, 2.45) is 7.05 Å². The standard InChI is InChI=1S/C15H11NO3S2/c1-16-11-8-9(15(18)19)6-7-13(11)21-20-12-5-3-2-4-10(12)14(16)17/h2-8H,1H3,(H,18,19). The highest BCUT2D eigenvalue weighted by atomic mass is 32.9. The van der Waals surface area contributed by atoms with Gasteiger partial charge in [-0.15, -0.1) is 0 Å². The molecule has 3 rings (SSSR count). The van der Waals surface area contributed by atoms with Gasteiger partial charge in [0.25, 0.3) is 5.56 Å². The summed E-state index contributed by atoms with van der Waals surface area (Å²) >= 11 is 0. The zero-order valence-electron chi connectivity index (χ0n) is 11.1. The maximum Gasteiger partial charge on any atom is 0.335 e. The summed E-state index contributed by atoms with van der Waals surface area (Å²) < 4.78 is 3.29. The minimum atomic E-state index is -1.00. The van der Waals surface area contributed by atoms with E-state index >= 15 is 0 Å². The zero-order valence-corrected chi connectivity index (χ0v) is 12.7. The number of benzene rings is 2. The number of aryl methyl sites for hydroxylation is 1. The van der Waals surface area contributed by atoms with Crippen LogP contribution in [-0.4, -0.2) is 15.6 Å². The van der Waals surface area contributed by atoms with E-state index in [1.807, 2.05) is 18.2 Å². The molecule has 6 heteroatoms. The van der Waals surface area contributed by atoms with Crippen LogP contribution in [0, 0.1) is 0 Å². The Morgan fingerprint density at radius 2 is 1.81 bits per heavy atom. The lowest BCUT2D eigenvalue weighted by Gasteiger charge is -2.04. The van der Waals surface area contributed by atoms with Crippen molar-refractivity contribution >= 4 is 47.0 Å². The number of carboxylic acids is 1. The topological polar surface area (TPSA) is 59.3 Å². The van der Waals surface area contributed by atoms with Crippen molar-refractivity contribution in [3.8, 4) is 0 Å². The summed E-state index contributed by atoms with van der Waals surface area (Å²) in [6.07, 6.45) is 0. The predicted molar refractivity (Wildman–Crippen MR) is 87.0 cm³/mol. The van der Waals surface area contributed by atoms with Crippen molar-refractivity contribution in [3.63, 3.8) is 0 Å². The normalized spacial score (nSPS) is 10.7. The zero-order chi connectivity index (χ0) is 15.0. The number of rotatable bonds is 1. The van der Waals surface area contributed by atoms with E-state index in [0.29, 0.717) is 10.9 Å². The molecule has 0 saturated heterocycles. The number of fused-ring (bicyclic) bond motifs is 2. The molecule has 2 aromatic carbocycles. The third-order valence-corrected chi connectivity index (χ3v) is 5.68. The van der Waals surface area contributed by atoms with E-state index in [2.05, 4.69) is 0 Å². The van der Waals surface area contributed by atoms with Crippen LogP contribution in [0.2, 0.25) is 0 Å². The molecule has 0 saturated carbocycles. The Balaban J connectivity index is 2.54. The lowest BCUT2D eigenvalue weighted by Crippen LogP contribution is -2.15. The minimum Gasteiger partial charge on any atom is -0.478 e. The first-order chi connectivity index (χ1) is 10.1. The Labute approximate surface area is 127 Å². The van der Waals surface area contributed by atoms with Gasteiger partial charge in [0, 0.05) is 7.05 Å². The average molecular weight is 317 g/mol. The van der Waals surface area contributed by atoms with Crippen LogP contribution in [-0.2, 0) is 7.05 Å². The molecule has 1 aromatic heterocycles. The Bertz CT molecular complexity index is 964. The highest BCUT2D eigenvalue weighted by Gasteiger charge is 2.07. The Hall–Kier alpha value is -2.18. The molecular weight excluding hydrogens is 306 g/mol. The second kappa shape index (κ2) is 5.31. The number of carboxylic acid groups (broad SMARTS) is 1. The van der Waals surface area contributed by atoms with Gasteiger partial charge >= 0.3 is 5.97 Å². The number of aromatic nitrogens is 1. The van der Waals surface area contributed by atoms with Crippen LogP contribution in [0.3, 0.4) is 0 Å². The quantitative estimate of drug-likeness (QED) is 0.697. The van der Waals surface area contributed by atoms with E-state index in [-0.39, 0.29) is 11.1 Å². The van der Waals surface area contributed by atoms with Crippen molar-refractivity contribution in [1.82, 2.24) is 4.57 Å². The summed E-state index contributed by atoms with van der Waals surface area (Å²) in [4.78, 5) is 23.7. The molecule has 0 aliphatic heterocycles. The van der Waals surface area contributed by atoms with E-state index in [4.69, 9.17) is 5.11 Å². The molecule has 4 nitrogen and oxygen atoms in total. The number of hydrogen-bond donors (Lipinski definition) is 1. The smallest absolute Gasteiger partial charge is 0.335 e. The monoisotopic (exact) mass is 317 g/mol. The van der Waals surface area contributed by atoms with Crippen LogP contribution in [0.25, 0.3) is 20.3 Å². The van der Waals surface area contributed by atoms with Gasteiger partial charge in [-0.1, -0.05) is 32.8 Å². The lowest BCUT2D eigenvalue weighted by atomic mass is 10.2. The van der Waals surface area contributed by atoms with Crippen molar-refractivity contribution < 1.29 is 9.90 Å². The summed E-state index contributed by atoms with van der Waals surface area (Å²) in [6, 6.07) is 12.3. The van der Waals surface area contributed by atoms with Crippen LogP contribution in [0.5, 0.6) is 0 Å². The van der Waals surface area contributed by atoms with Gasteiger partial charge in [-0.05, 0) is 30.3 Å². The molecule has 0 unspecified atom stereocenters. The van der Waals surface area contributed by atoms with E-state index in [9.17, 15) is 9.59 Å². The largest absolute Gasteiger partial charge is 0.478 e. The van der Waals surface area contributed by atoms with Crippen molar-refractivity contribution in [2.75, 3.05) is 0 Å². The molecule has 0 atom stereocenters. The molecule has 3 aromatic rings. The minimum absolute atomic E-state index is 0.137. The number of hydrogen-bond acceptors (Lipinski definition) is 4. The number of nitrogens with zero attached hydrogens (tertiary/aromatic N) is 1. The third kappa shape index (κ3) is 2.43. The Morgan fingerprint density at radius 1 is 1.10 bits per heavy atom. The fourth-order valence-electron chi connectivity index (χ4n) is 2.08. The summed E-state index contributed by atoms with van der Waals surface area (Å²) in [5.74, 6) is -1.00. The fraction of sp³-hybridized carbons (Fsp3) is 0.0667. The molecule has 1 heterocycles. The first kappa shape index (κ1) is 13.8. The van der Waals surface area contributed by atoms with Crippen LogP contribution in [0.1, 0.15) is 10.4 Å². The van der Waals surface area contributed by atoms with Gasteiger partial charge in [0.1, 0.15) is 0 Å². The molecule has 0 spiro atoms. The summed E-state index contributed by atoms with van der Waals surface area (Å²) in [7, 11) is 4.70. The van der Waals surface area contributed by atoms with Crippen molar-refractivity contribution in [1.29, 1.82) is 0 Å². The second-order valence-corrected chi connectivity index (χ2v) is 6.73. The molecule has 0 amide bonds. The predicted octanol–water partition coefficient (Wildman–Crippen LogP) is 3.64. The fourth-order valence-corrected chi connectivity index (χ4v) is 4.44. The van der Waals surface area contributed by atoms with Gasteiger partial charge in [0.2, 0.25) is 0 Å². The number of carbonyl (C=O) groups is 1. The van der Waals surface area contributed by atoms with Crippen LogP contribution in [0.15, 0.2) is 47.3 Å². The third-order valence-electron chi connectivity index (χ3n) is 3.21. The van der Waals surface area contributed by atoms with Crippen LogP contribution < -0.4 is 5.56 Å². The highest BCUT2D eigenvalue weighted by Crippen LogP contribution is 2.24. The lowest BCUT2D eigenvalue weighted by molar-refractivity contribution is 0.0697. The SMILES string of the molecule is Cn1c(=O)c2ccccc2ssc2ccc(C(=O)O)cc21. The molecule has 1 N–H and O–H groups in total. The summed E-state index contributed by atoms with van der Waals surface area (Å²) in [5, 5.41) is 9.74. The second-order valence-electron chi connectivity index (χ2n) is 4.51. The van der Waals surface area contributed by atoms with Gasteiger partial charge in [0.15, 0.2) is 0 Å². The first-order valence-electron chi connectivity index (χ1n) is 6.17. The van der Waals surface area contributed by atoms with Crippen LogP contribution in [0.4, 0.5) is 0 Å². The maximum atomic E-state index is 12.6. The van der Waals surface area contributed by atoms with Crippen molar-refractivity contribution in [2.45, 2.75) is 0 Å². The van der Waals surface area contributed by atoms with Gasteiger partial charge < -0.3 is 9.67 Å². The van der Waals surface area contributed by atoms with Crippen molar-refractivity contribution in [3.05, 3.63) is 58.4 Å². The molecule has 0 aliphatic carbocycles. The first-order valence-corrected chi connectivity index (χ1v) is 8.32. The maximum absolute atomic E-state index is 12.6. The Kier molecular flexibility index (Phi) is 3.48. The van der Waals surface area contributed by atoms with Gasteiger partial charge in [-0.2, -0.15) is 0 Å². The summed E-state index contributed by atoms with van der Waals surface area (Å²) in [5.41, 5.74) is 0.655. The summed E-state index contributed by atoms with van der Waals surface area (Å²) in [6.45, 7) is 0. The average Bonchev–Trinajstić information content (AvgIpc) is 2.50. The Morgan fingerprint density at radius 3 is 2.57 bits per heavy atom. The molecule has 0 aliphatic rings. The van der Waals surface area contributed by atoms with Gasteiger partial charge in [-0.3, -0.25) is 4.79 Å². The van der Waals surface area contributed by atoms with E-state index < -0.39 is 5.97 Å².